The number of carbonyl (C=O) groups excluding carboxylic acids is 1. The number of aliphatic hydroxyl groups excluding tert-OH is 1. The summed E-state index contributed by atoms with van der Waals surface area (Å²) in [6.07, 6.45) is -0.708. The van der Waals surface area contributed by atoms with E-state index in [1.54, 1.807) is 18.2 Å². The fourth-order valence-electron chi connectivity index (χ4n) is 2.90. The van der Waals surface area contributed by atoms with Crippen LogP contribution in [0.4, 0.5) is 5.69 Å². The number of rotatable bonds is 9. The van der Waals surface area contributed by atoms with Crippen molar-refractivity contribution in [1.29, 1.82) is 0 Å². The second kappa shape index (κ2) is 10.5. The topological polar surface area (TPSA) is 80.3 Å². The zero-order valence-corrected chi connectivity index (χ0v) is 17.9. The highest BCUT2D eigenvalue weighted by atomic mass is 79.9. The van der Waals surface area contributed by atoms with Crippen LogP contribution in [0.3, 0.4) is 0 Å². The Kier molecular flexibility index (Phi) is 7.74. The summed E-state index contributed by atoms with van der Waals surface area (Å²) in [5.41, 5.74) is 0.648. The van der Waals surface area contributed by atoms with Crippen LogP contribution in [-0.2, 0) is 4.79 Å². The molecule has 2 aromatic carbocycles. The normalized spacial score (nSPS) is 13.8. The fourth-order valence-corrected chi connectivity index (χ4v) is 3.17. The molecule has 0 bridgehead atoms. The Bertz CT molecular complexity index is 815. The Morgan fingerprint density at radius 1 is 1.21 bits per heavy atom. The second-order valence-electron chi connectivity index (χ2n) is 6.65. The highest BCUT2D eigenvalue weighted by Gasteiger charge is 2.16. The molecule has 1 aliphatic rings. The average Bonchev–Trinajstić information content (AvgIpc) is 2.72. The molecule has 156 valence electrons. The van der Waals surface area contributed by atoms with Gasteiger partial charge in [-0.2, -0.15) is 0 Å². The van der Waals surface area contributed by atoms with Crippen LogP contribution in [0.2, 0.25) is 0 Å². The standard InChI is InChI=1S/C21H25BrN2O5/c1-2-24(12-17(25)14-29-18-6-3-15(22)4-7-18)13-21(26)23-16-5-8-19-20(11-16)28-10-9-27-19/h3-8,11,17,25H,2,9-10,12-14H2,1H3,(H,23,26). The number of nitrogens with zero attached hydrogens (tertiary/aromatic N) is 1. The predicted molar refractivity (Wildman–Crippen MR) is 114 cm³/mol. The predicted octanol–water partition coefficient (Wildman–Crippen LogP) is 2.92. The lowest BCUT2D eigenvalue weighted by Gasteiger charge is -2.23. The molecule has 0 aliphatic carbocycles. The summed E-state index contributed by atoms with van der Waals surface area (Å²) in [5.74, 6) is 1.83. The van der Waals surface area contributed by atoms with Crippen LogP contribution in [0.15, 0.2) is 46.9 Å². The van der Waals surface area contributed by atoms with Crippen LogP contribution in [0, 0.1) is 0 Å². The molecule has 7 nitrogen and oxygen atoms in total. The molecule has 8 heteroatoms. The van der Waals surface area contributed by atoms with Gasteiger partial charge in [-0.25, -0.2) is 0 Å². The van der Waals surface area contributed by atoms with E-state index in [0.29, 0.717) is 49.2 Å². The number of fused-ring (bicyclic) bond motifs is 1. The molecule has 1 amide bonds. The minimum atomic E-state index is -0.708. The van der Waals surface area contributed by atoms with Crippen LogP contribution < -0.4 is 19.5 Å². The summed E-state index contributed by atoms with van der Waals surface area (Å²) in [6.45, 7) is 4.25. The Morgan fingerprint density at radius 3 is 2.66 bits per heavy atom. The van der Waals surface area contributed by atoms with E-state index >= 15 is 0 Å². The third kappa shape index (κ3) is 6.62. The Balaban J connectivity index is 1.45. The summed E-state index contributed by atoms with van der Waals surface area (Å²) in [5, 5.41) is 13.1. The summed E-state index contributed by atoms with van der Waals surface area (Å²) < 4.78 is 17.6. The number of aliphatic hydroxyl groups is 1. The van der Waals surface area contributed by atoms with Crippen LogP contribution in [0.5, 0.6) is 17.2 Å². The molecule has 3 rings (SSSR count). The van der Waals surface area contributed by atoms with Gasteiger partial charge < -0.3 is 24.6 Å². The van der Waals surface area contributed by atoms with Gasteiger partial charge in [-0.15, -0.1) is 0 Å². The molecule has 2 aromatic rings. The Hall–Kier alpha value is -2.29. The first-order valence-corrected chi connectivity index (χ1v) is 10.3. The lowest BCUT2D eigenvalue weighted by molar-refractivity contribution is -0.117. The number of benzene rings is 2. The average molecular weight is 465 g/mol. The molecule has 1 heterocycles. The summed E-state index contributed by atoms with van der Waals surface area (Å²) in [7, 11) is 0. The van der Waals surface area contributed by atoms with Crippen molar-refractivity contribution in [2.24, 2.45) is 0 Å². The summed E-state index contributed by atoms with van der Waals surface area (Å²) >= 11 is 3.37. The molecule has 0 aromatic heterocycles. The minimum absolute atomic E-state index is 0.155. The van der Waals surface area contributed by atoms with Crippen molar-refractivity contribution < 1.29 is 24.1 Å². The van der Waals surface area contributed by atoms with Crippen molar-refractivity contribution in [2.75, 3.05) is 44.8 Å². The third-order valence-corrected chi connectivity index (χ3v) is 4.89. The first-order chi connectivity index (χ1) is 14.0. The number of ether oxygens (including phenoxy) is 3. The van der Waals surface area contributed by atoms with E-state index in [9.17, 15) is 9.90 Å². The molecule has 0 saturated carbocycles. The maximum Gasteiger partial charge on any atom is 0.238 e. The Morgan fingerprint density at radius 2 is 1.93 bits per heavy atom. The molecule has 2 N–H and O–H groups in total. The van der Waals surface area contributed by atoms with Crippen LogP contribution in [-0.4, -0.2) is 61.5 Å². The SMILES string of the molecule is CCN(CC(=O)Nc1ccc2c(c1)OCCO2)CC(O)COc1ccc(Br)cc1. The van der Waals surface area contributed by atoms with Gasteiger partial charge in [-0.3, -0.25) is 9.69 Å². The van der Waals surface area contributed by atoms with E-state index in [1.165, 1.54) is 0 Å². The van der Waals surface area contributed by atoms with E-state index in [-0.39, 0.29) is 19.1 Å². The zero-order valence-electron chi connectivity index (χ0n) is 16.3. The number of halogens is 1. The molecule has 0 spiro atoms. The number of hydrogen-bond acceptors (Lipinski definition) is 6. The van der Waals surface area contributed by atoms with Gasteiger partial charge in [0.1, 0.15) is 31.7 Å². The monoisotopic (exact) mass is 464 g/mol. The number of amides is 1. The highest BCUT2D eigenvalue weighted by Crippen LogP contribution is 2.32. The van der Waals surface area contributed by atoms with Crippen molar-refractivity contribution >= 4 is 27.5 Å². The van der Waals surface area contributed by atoms with E-state index in [1.807, 2.05) is 36.1 Å². The van der Waals surface area contributed by atoms with Crippen molar-refractivity contribution in [3.8, 4) is 17.2 Å². The van der Waals surface area contributed by atoms with E-state index < -0.39 is 6.10 Å². The number of likely N-dealkylation sites (N-methyl/N-ethyl adjacent to an activating group) is 1. The molecule has 1 aliphatic heterocycles. The fraction of sp³-hybridized carbons (Fsp3) is 0.381. The molecule has 1 atom stereocenters. The number of anilines is 1. The molecule has 1 unspecified atom stereocenters. The molecular formula is C21H25BrN2O5. The third-order valence-electron chi connectivity index (χ3n) is 4.37. The van der Waals surface area contributed by atoms with Crippen molar-refractivity contribution in [3.05, 3.63) is 46.9 Å². The van der Waals surface area contributed by atoms with E-state index in [0.717, 1.165) is 4.47 Å². The van der Waals surface area contributed by atoms with Gasteiger partial charge in [0.15, 0.2) is 11.5 Å². The smallest absolute Gasteiger partial charge is 0.238 e. The lowest BCUT2D eigenvalue weighted by atomic mass is 10.2. The number of nitrogens with one attached hydrogen (secondary N) is 1. The largest absolute Gasteiger partial charge is 0.491 e. The molecular weight excluding hydrogens is 440 g/mol. The maximum atomic E-state index is 12.4. The number of hydrogen-bond donors (Lipinski definition) is 2. The van der Waals surface area contributed by atoms with E-state index in [4.69, 9.17) is 14.2 Å². The minimum Gasteiger partial charge on any atom is -0.491 e. The van der Waals surface area contributed by atoms with Gasteiger partial charge in [-0.05, 0) is 42.9 Å². The molecule has 0 radical (unpaired) electrons. The quantitative estimate of drug-likeness (QED) is 0.593. The summed E-state index contributed by atoms with van der Waals surface area (Å²) in [4.78, 5) is 14.3. The maximum absolute atomic E-state index is 12.4. The Labute approximate surface area is 178 Å². The first kappa shape index (κ1) is 21.4. The van der Waals surface area contributed by atoms with Crippen LogP contribution in [0.25, 0.3) is 0 Å². The summed E-state index contributed by atoms with van der Waals surface area (Å²) in [6, 6.07) is 12.7. The van der Waals surface area contributed by atoms with Gasteiger partial charge in [-0.1, -0.05) is 22.9 Å². The van der Waals surface area contributed by atoms with Crippen molar-refractivity contribution in [2.45, 2.75) is 13.0 Å². The molecule has 0 saturated heterocycles. The second-order valence-corrected chi connectivity index (χ2v) is 7.57. The first-order valence-electron chi connectivity index (χ1n) is 9.51. The van der Waals surface area contributed by atoms with Crippen LogP contribution in [0.1, 0.15) is 6.92 Å². The van der Waals surface area contributed by atoms with Crippen molar-refractivity contribution in [3.63, 3.8) is 0 Å². The highest BCUT2D eigenvalue weighted by molar-refractivity contribution is 9.10. The van der Waals surface area contributed by atoms with E-state index in [2.05, 4.69) is 21.2 Å². The van der Waals surface area contributed by atoms with Gasteiger partial charge >= 0.3 is 0 Å². The van der Waals surface area contributed by atoms with Gasteiger partial charge in [0.25, 0.3) is 0 Å². The zero-order chi connectivity index (χ0) is 20.6. The van der Waals surface area contributed by atoms with Gasteiger partial charge in [0.2, 0.25) is 5.91 Å². The molecule has 29 heavy (non-hydrogen) atoms. The lowest BCUT2D eigenvalue weighted by Crippen LogP contribution is -2.40. The van der Waals surface area contributed by atoms with Gasteiger partial charge in [0, 0.05) is 22.8 Å². The van der Waals surface area contributed by atoms with Gasteiger partial charge in [0.05, 0.1) is 6.54 Å². The number of carbonyl (C=O) groups is 1. The molecule has 0 fully saturated rings. The van der Waals surface area contributed by atoms with Crippen molar-refractivity contribution in [1.82, 2.24) is 4.90 Å². The van der Waals surface area contributed by atoms with Crippen LogP contribution >= 0.6 is 15.9 Å².